The van der Waals surface area contributed by atoms with E-state index in [1.807, 2.05) is 40.6 Å². The molecule has 2 rings (SSSR count). The molecule has 1 atom stereocenters. The summed E-state index contributed by atoms with van der Waals surface area (Å²) in [6.07, 6.45) is 0.962. The van der Waals surface area contributed by atoms with Gasteiger partial charge in [0.05, 0.1) is 4.88 Å². The standard InChI is InChI=1S/C16H19NOS/c1-3-13(2)17(12-14-8-5-4-6-9-14)16(18)15-10-7-11-19-15/h4-11,13H,3,12H2,1-2H3. The Bertz CT molecular complexity index is 507. The second-order valence-corrected chi connectivity index (χ2v) is 5.60. The maximum absolute atomic E-state index is 12.5. The summed E-state index contributed by atoms with van der Waals surface area (Å²) in [5.41, 5.74) is 1.17. The maximum Gasteiger partial charge on any atom is 0.264 e. The Morgan fingerprint density at radius 1 is 1.21 bits per heavy atom. The molecule has 0 fully saturated rings. The lowest BCUT2D eigenvalue weighted by atomic mass is 10.1. The predicted octanol–water partition coefficient (Wildman–Crippen LogP) is 4.19. The monoisotopic (exact) mass is 273 g/mol. The van der Waals surface area contributed by atoms with Crippen LogP contribution < -0.4 is 0 Å². The highest BCUT2D eigenvalue weighted by molar-refractivity contribution is 7.12. The second-order valence-electron chi connectivity index (χ2n) is 4.65. The molecule has 0 aliphatic carbocycles. The third kappa shape index (κ3) is 3.44. The number of benzene rings is 1. The molecule has 0 spiro atoms. The van der Waals surface area contributed by atoms with Gasteiger partial charge in [-0.15, -0.1) is 11.3 Å². The molecule has 1 aromatic heterocycles. The first-order valence-corrected chi connectivity index (χ1v) is 7.48. The van der Waals surface area contributed by atoms with E-state index in [9.17, 15) is 4.79 Å². The van der Waals surface area contributed by atoms with E-state index in [-0.39, 0.29) is 11.9 Å². The van der Waals surface area contributed by atoms with Crippen molar-refractivity contribution < 1.29 is 4.79 Å². The molecule has 0 aliphatic rings. The van der Waals surface area contributed by atoms with Crippen molar-refractivity contribution in [3.05, 3.63) is 58.3 Å². The number of hydrogen-bond donors (Lipinski definition) is 0. The molecule has 1 amide bonds. The first-order chi connectivity index (χ1) is 9.22. The topological polar surface area (TPSA) is 20.3 Å². The Morgan fingerprint density at radius 2 is 1.95 bits per heavy atom. The number of carbonyl (C=O) groups excluding carboxylic acids is 1. The lowest BCUT2D eigenvalue weighted by Gasteiger charge is -2.28. The molecule has 1 unspecified atom stereocenters. The second kappa shape index (κ2) is 6.53. The normalized spacial score (nSPS) is 12.1. The van der Waals surface area contributed by atoms with Crippen LogP contribution in [0.15, 0.2) is 47.8 Å². The molecule has 0 saturated heterocycles. The molecule has 0 saturated carbocycles. The van der Waals surface area contributed by atoms with Crippen molar-refractivity contribution in [2.24, 2.45) is 0 Å². The molecule has 2 nitrogen and oxygen atoms in total. The largest absolute Gasteiger partial charge is 0.331 e. The quantitative estimate of drug-likeness (QED) is 0.800. The zero-order valence-electron chi connectivity index (χ0n) is 11.4. The van der Waals surface area contributed by atoms with Gasteiger partial charge in [-0.2, -0.15) is 0 Å². The Labute approximate surface area is 118 Å². The Hall–Kier alpha value is -1.61. The number of hydrogen-bond acceptors (Lipinski definition) is 2. The average Bonchev–Trinajstić information content (AvgIpc) is 2.98. The molecule has 0 bridgehead atoms. The van der Waals surface area contributed by atoms with Crippen LogP contribution in [0.2, 0.25) is 0 Å². The van der Waals surface area contributed by atoms with Crippen LogP contribution in [0.4, 0.5) is 0 Å². The highest BCUT2D eigenvalue weighted by Gasteiger charge is 2.21. The molecule has 100 valence electrons. The van der Waals surface area contributed by atoms with Gasteiger partial charge in [-0.25, -0.2) is 0 Å². The summed E-state index contributed by atoms with van der Waals surface area (Å²) in [5, 5.41) is 1.95. The summed E-state index contributed by atoms with van der Waals surface area (Å²) in [4.78, 5) is 15.3. The highest BCUT2D eigenvalue weighted by Crippen LogP contribution is 2.18. The predicted molar refractivity (Wildman–Crippen MR) is 80.4 cm³/mol. The minimum Gasteiger partial charge on any atom is -0.331 e. The molecule has 0 radical (unpaired) electrons. The zero-order chi connectivity index (χ0) is 13.7. The Kier molecular flexibility index (Phi) is 4.74. The number of rotatable bonds is 5. The average molecular weight is 273 g/mol. The Morgan fingerprint density at radius 3 is 2.53 bits per heavy atom. The van der Waals surface area contributed by atoms with E-state index in [1.54, 1.807) is 0 Å². The van der Waals surface area contributed by atoms with Gasteiger partial charge in [-0.1, -0.05) is 43.3 Å². The molecule has 19 heavy (non-hydrogen) atoms. The zero-order valence-corrected chi connectivity index (χ0v) is 12.2. The third-order valence-electron chi connectivity index (χ3n) is 3.31. The first-order valence-electron chi connectivity index (χ1n) is 6.60. The van der Waals surface area contributed by atoms with Gasteiger partial charge in [0, 0.05) is 12.6 Å². The molecule has 1 aromatic carbocycles. The van der Waals surface area contributed by atoms with Gasteiger partial charge in [0.25, 0.3) is 5.91 Å². The van der Waals surface area contributed by atoms with E-state index in [1.165, 1.54) is 16.9 Å². The van der Waals surface area contributed by atoms with E-state index in [4.69, 9.17) is 0 Å². The number of thiophene rings is 1. The fourth-order valence-electron chi connectivity index (χ4n) is 1.97. The van der Waals surface area contributed by atoms with Crippen LogP contribution in [0.25, 0.3) is 0 Å². The number of carbonyl (C=O) groups is 1. The van der Waals surface area contributed by atoms with Gasteiger partial charge in [0.15, 0.2) is 0 Å². The third-order valence-corrected chi connectivity index (χ3v) is 4.17. The molecular formula is C16H19NOS. The SMILES string of the molecule is CCC(C)N(Cc1ccccc1)C(=O)c1cccs1. The summed E-state index contributed by atoms with van der Waals surface area (Å²) >= 11 is 1.51. The fraction of sp³-hybridized carbons (Fsp3) is 0.312. The van der Waals surface area contributed by atoms with Crippen molar-refractivity contribution in [1.82, 2.24) is 4.90 Å². The molecule has 1 heterocycles. The molecule has 3 heteroatoms. The summed E-state index contributed by atoms with van der Waals surface area (Å²) in [6.45, 7) is 4.89. The summed E-state index contributed by atoms with van der Waals surface area (Å²) in [7, 11) is 0. The van der Waals surface area contributed by atoms with E-state index in [2.05, 4.69) is 26.0 Å². The van der Waals surface area contributed by atoms with Crippen LogP contribution in [-0.2, 0) is 6.54 Å². The first kappa shape index (κ1) is 13.8. The summed E-state index contributed by atoms with van der Waals surface area (Å²) in [6, 6.07) is 14.2. The highest BCUT2D eigenvalue weighted by atomic mass is 32.1. The van der Waals surface area contributed by atoms with Gasteiger partial charge >= 0.3 is 0 Å². The van der Waals surface area contributed by atoms with Crippen molar-refractivity contribution in [3.8, 4) is 0 Å². The molecule has 2 aromatic rings. The molecule has 0 aliphatic heterocycles. The van der Waals surface area contributed by atoms with Gasteiger partial charge in [-0.3, -0.25) is 4.79 Å². The van der Waals surface area contributed by atoms with Gasteiger partial charge in [0.2, 0.25) is 0 Å². The number of nitrogens with zero attached hydrogens (tertiary/aromatic N) is 1. The van der Waals surface area contributed by atoms with E-state index in [0.717, 1.165) is 11.3 Å². The van der Waals surface area contributed by atoms with Gasteiger partial charge < -0.3 is 4.90 Å². The van der Waals surface area contributed by atoms with Crippen molar-refractivity contribution in [2.75, 3.05) is 0 Å². The van der Waals surface area contributed by atoms with Crippen molar-refractivity contribution in [3.63, 3.8) is 0 Å². The van der Waals surface area contributed by atoms with E-state index in [0.29, 0.717) is 6.54 Å². The van der Waals surface area contributed by atoms with Crippen LogP contribution in [0.1, 0.15) is 35.5 Å². The summed E-state index contributed by atoms with van der Waals surface area (Å²) in [5.74, 6) is 0.133. The lowest BCUT2D eigenvalue weighted by molar-refractivity contribution is 0.0676. The maximum atomic E-state index is 12.5. The minimum absolute atomic E-state index is 0.133. The van der Waals surface area contributed by atoms with Crippen LogP contribution in [0.5, 0.6) is 0 Å². The van der Waals surface area contributed by atoms with Gasteiger partial charge in [-0.05, 0) is 30.4 Å². The van der Waals surface area contributed by atoms with Crippen LogP contribution in [0, 0.1) is 0 Å². The smallest absolute Gasteiger partial charge is 0.264 e. The van der Waals surface area contributed by atoms with E-state index >= 15 is 0 Å². The van der Waals surface area contributed by atoms with E-state index < -0.39 is 0 Å². The number of amides is 1. The van der Waals surface area contributed by atoms with Crippen molar-refractivity contribution in [2.45, 2.75) is 32.9 Å². The van der Waals surface area contributed by atoms with Crippen LogP contribution >= 0.6 is 11.3 Å². The Balaban J connectivity index is 2.19. The molecular weight excluding hydrogens is 254 g/mol. The van der Waals surface area contributed by atoms with Crippen LogP contribution in [-0.4, -0.2) is 16.8 Å². The van der Waals surface area contributed by atoms with Crippen LogP contribution in [0.3, 0.4) is 0 Å². The van der Waals surface area contributed by atoms with Gasteiger partial charge in [0.1, 0.15) is 0 Å². The molecule has 0 N–H and O–H groups in total. The summed E-state index contributed by atoms with van der Waals surface area (Å²) < 4.78 is 0. The van der Waals surface area contributed by atoms with Crippen molar-refractivity contribution >= 4 is 17.2 Å². The minimum atomic E-state index is 0.133. The van der Waals surface area contributed by atoms with Crippen molar-refractivity contribution in [1.29, 1.82) is 0 Å². The fourth-order valence-corrected chi connectivity index (χ4v) is 2.65. The lowest BCUT2D eigenvalue weighted by Crippen LogP contribution is -2.37.